The first kappa shape index (κ1) is 23.2. The lowest BCUT2D eigenvalue weighted by Gasteiger charge is -2.05. The Morgan fingerprint density at radius 3 is 2.64 bits per heavy atom. The number of anilines is 1. The van der Waals surface area contributed by atoms with Gasteiger partial charge in [0.2, 0.25) is 5.91 Å². The van der Waals surface area contributed by atoms with Crippen LogP contribution in [0.15, 0.2) is 65.7 Å². The summed E-state index contributed by atoms with van der Waals surface area (Å²) < 4.78 is 36.8. The summed E-state index contributed by atoms with van der Waals surface area (Å²) in [7, 11) is 0. The fraction of sp³-hybridized carbons (Fsp3) is 0.200. The van der Waals surface area contributed by atoms with Crippen molar-refractivity contribution in [2.45, 2.75) is 26.3 Å². The number of ether oxygens (including phenoxy) is 1. The summed E-state index contributed by atoms with van der Waals surface area (Å²) in [5.41, 5.74) is 1.51. The van der Waals surface area contributed by atoms with E-state index in [1.807, 2.05) is 24.3 Å². The van der Waals surface area contributed by atoms with Crippen molar-refractivity contribution in [2.24, 2.45) is 0 Å². The Hall–Kier alpha value is -4.54. The SMILES string of the molecule is CCCCOc1ccc(-c2cc3c4nn(CC(=O)Nc5cc(F)ccc5F)c(=O)n4ccn3n2)cc1. The van der Waals surface area contributed by atoms with E-state index in [4.69, 9.17) is 4.74 Å². The number of fused-ring (bicyclic) bond motifs is 3. The van der Waals surface area contributed by atoms with Crippen LogP contribution < -0.4 is 15.7 Å². The zero-order valence-electron chi connectivity index (χ0n) is 19.3. The zero-order valence-corrected chi connectivity index (χ0v) is 19.3. The molecule has 184 valence electrons. The van der Waals surface area contributed by atoms with Crippen molar-refractivity contribution in [3.8, 4) is 17.0 Å². The second-order valence-corrected chi connectivity index (χ2v) is 8.19. The minimum atomic E-state index is -0.791. The van der Waals surface area contributed by atoms with Gasteiger partial charge in [0.05, 0.1) is 18.0 Å². The van der Waals surface area contributed by atoms with E-state index < -0.39 is 29.8 Å². The normalized spacial score (nSPS) is 11.3. The number of carbonyl (C=O) groups excluding carboxylic acids is 1. The Morgan fingerprint density at radius 2 is 1.86 bits per heavy atom. The zero-order chi connectivity index (χ0) is 25.2. The standard InChI is InChI=1S/C25H22F2N6O3/c1-2-3-12-36-18-7-4-16(5-8-18)20-14-22-24-30-33(25(35)31(24)10-11-32(22)29-20)15-23(34)28-21-13-17(26)6-9-19(21)27/h4-11,13-14H,2-3,12,15H2,1H3,(H,28,34). The molecule has 3 aromatic heterocycles. The number of nitrogens with zero attached hydrogens (tertiary/aromatic N) is 5. The fourth-order valence-corrected chi connectivity index (χ4v) is 3.75. The Kier molecular flexibility index (Phi) is 6.19. The molecule has 0 spiro atoms. The molecule has 0 aliphatic rings. The van der Waals surface area contributed by atoms with Crippen molar-refractivity contribution in [1.29, 1.82) is 0 Å². The third kappa shape index (κ3) is 4.54. The van der Waals surface area contributed by atoms with Crippen molar-refractivity contribution >= 4 is 22.8 Å². The highest BCUT2D eigenvalue weighted by molar-refractivity contribution is 5.90. The lowest BCUT2D eigenvalue weighted by molar-refractivity contribution is -0.117. The van der Waals surface area contributed by atoms with Gasteiger partial charge in [-0.15, -0.1) is 5.10 Å². The van der Waals surface area contributed by atoms with Gasteiger partial charge in [-0.1, -0.05) is 13.3 Å². The number of hydrogen-bond acceptors (Lipinski definition) is 5. The average Bonchev–Trinajstić information content (AvgIpc) is 3.43. The van der Waals surface area contributed by atoms with Gasteiger partial charge in [-0.3, -0.25) is 4.79 Å². The van der Waals surface area contributed by atoms with Gasteiger partial charge in [0.15, 0.2) is 5.65 Å². The van der Waals surface area contributed by atoms with Gasteiger partial charge in [0, 0.05) is 24.0 Å². The van der Waals surface area contributed by atoms with Crippen molar-refractivity contribution < 1.29 is 18.3 Å². The monoisotopic (exact) mass is 492 g/mol. The van der Waals surface area contributed by atoms with E-state index >= 15 is 0 Å². The molecule has 0 bridgehead atoms. The van der Waals surface area contributed by atoms with Crippen LogP contribution in [0.4, 0.5) is 14.5 Å². The third-order valence-corrected chi connectivity index (χ3v) is 5.60. The van der Waals surface area contributed by atoms with Gasteiger partial charge in [-0.05, 0) is 48.9 Å². The Balaban J connectivity index is 1.40. The fourth-order valence-electron chi connectivity index (χ4n) is 3.75. The molecule has 0 unspecified atom stereocenters. The number of hydrogen-bond donors (Lipinski definition) is 1. The number of rotatable bonds is 8. The van der Waals surface area contributed by atoms with Crippen LogP contribution in [0.1, 0.15) is 19.8 Å². The molecular weight excluding hydrogens is 470 g/mol. The molecule has 0 atom stereocenters. The maximum atomic E-state index is 13.8. The minimum absolute atomic E-state index is 0.297. The lowest BCUT2D eigenvalue weighted by atomic mass is 10.1. The topological polar surface area (TPSA) is 94.9 Å². The number of nitrogens with one attached hydrogen (secondary N) is 1. The van der Waals surface area contributed by atoms with Crippen LogP contribution >= 0.6 is 0 Å². The van der Waals surface area contributed by atoms with Gasteiger partial charge in [0.25, 0.3) is 0 Å². The molecular formula is C25H22F2N6O3. The van der Waals surface area contributed by atoms with Crippen LogP contribution in [0.3, 0.4) is 0 Å². The second kappa shape index (κ2) is 9.61. The molecule has 2 aromatic carbocycles. The van der Waals surface area contributed by atoms with Crippen molar-refractivity contribution in [2.75, 3.05) is 11.9 Å². The molecule has 0 aliphatic heterocycles. The van der Waals surface area contributed by atoms with Crippen molar-refractivity contribution in [3.05, 3.63) is 83.0 Å². The molecule has 5 rings (SSSR count). The number of amides is 1. The quantitative estimate of drug-likeness (QED) is 0.332. The molecule has 0 fully saturated rings. The summed E-state index contributed by atoms with van der Waals surface area (Å²) in [6.45, 7) is 2.28. The predicted octanol–water partition coefficient (Wildman–Crippen LogP) is 3.91. The second-order valence-electron chi connectivity index (χ2n) is 8.19. The van der Waals surface area contributed by atoms with Crippen LogP contribution in [-0.2, 0) is 11.3 Å². The molecule has 0 saturated carbocycles. The molecule has 9 nitrogen and oxygen atoms in total. The van der Waals surface area contributed by atoms with Crippen molar-refractivity contribution in [1.82, 2.24) is 23.8 Å². The van der Waals surface area contributed by atoms with Gasteiger partial charge >= 0.3 is 5.69 Å². The van der Waals surface area contributed by atoms with Gasteiger partial charge < -0.3 is 10.1 Å². The van der Waals surface area contributed by atoms with E-state index in [9.17, 15) is 18.4 Å². The summed E-state index contributed by atoms with van der Waals surface area (Å²) in [6.07, 6.45) is 5.16. The smallest absolute Gasteiger partial charge is 0.350 e. The lowest BCUT2D eigenvalue weighted by Crippen LogP contribution is -2.28. The van der Waals surface area contributed by atoms with E-state index in [2.05, 4.69) is 22.4 Å². The summed E-state index contributed by atoms with van der Waals surface area (Å²) >= 11 is 0. The van der Waals surface area contributed by atoms with E-state index in [1.165, 1.54) is 10.6 Å². The number of aromatic nitrogens is 5. The largest absolute Gasteiger partial charge is 0.494 e. The number of benzene rings is 2. The van der Waals surface area contributed by atoms with E-state index in [0.717, 1.165) is 47.0 Å². The van der Waals surface area contributed by atoms with E-state index in [-0.39, 0.29) is 5.69 Å². The summed E-state index contributed by atoms with van der Waals surface area (Å²) in [5.74, 6) is -1.44. The molecule has 0 aliphatic carbocycles. The summed E-state index contributed by atoms with van der Waals surface area (Å²) in [4.78, 5) is 25.2. The van der Waals surface area contributed by atoms with E-state index in [0.29, 0.717) is 23.5 Å². The molecule has 11 heteroatoms. The Bertz CT molecular complexity index is 1620. The minimum Gasteiger partial charge on any atom is -0.494 e. The van der Waals surface area contributed by atoms with Crippen LogP contribution in [-0.4, -0.2) is 36.3 Å². The van der Waals surface area contributed by atoms with Crippen LogP contribution in [0.25, 0.3) is 22.4 Å². The van der Waals surface area contributed by atoms with Gasteiger partial charge in [-0.2, -0.15) is 5.10 Å². The molecule has 3 heterocycles. The first-order valence-electron chi connectivity index (χ1n) is 11.4. The summed E-state index contributed by atoms with van der Waals surface area (Å²) in [6, 6.07) is 12.1. The maximum absolute atomic E-state index is 13.8. The highest BCUT2D eigenvalue weighted by Gasteiger charge is 2.16. The first-order chi connectivity index (χ1) is 17.4. The molecule has 1 N–H and O–H groups in total. The molecule has 0 radical (unpaired) electrons. The van der Waals surface area contributed by atoms with E-state index in [1.54, 1.807) is 16.8 Å². The Morgan fingerprint density at radius 1 is 1.06 bits per heavy atom. The molecule has 1 amide bonds. The van der Waals surface area contributed by atoms with Crippen LogP contribution in [0, 0.1) is 11.6 Å². The van der Waals surface area contributed by atoms with Crippen molar-refractivity contribution in [3.63, 3.8) is 0 Å². The maximum Gasteiger partial charge on any atom is 0.350 e. The van der Waals surface area contributed by atoms with Gasteiger partial charge in [0.1, 0.15) is 29.4 Å². The molecule has 36 heavy (non-hydrogen) atoms. The highest BCUT2D eigenvalue weighted by atomic mass is 19.1. The molecule has 5 aromatic rings. The highest BCUT2D eigenvalue weighted by Crippen LogP contribution is 2.24. The van der Waals surface area contributed by atoms with Crippen LogP contribution in [0.5, 0.6) is 5.75 Å². The number of carbonyl (C=O) groups is 1. The summed E-state index contributed by atoms with van der Waals surface area (Å²) in [5, 5.41) is 11.1. The average molecular weight is 492 g/mol. The predicted molar refractivity (Wildman–Crippen MR) is 129 cm³/mol. The number of halogens is 2. The third-order valence-electron chi connectivity index (χ3n) is 5.60. The number of unbranched alkanes of at least 4 members (excludes halogenated alkanes) is 1. The molecule has 0 saturated heterocycles. The Labute approximate surface area is 203 Å². The van der Waals surface area contributed by atoms with Gasteiger partial charge in [-0.25, -0.2) is 27.2 Å². The first-order valence-corrected chi connectivity index (χ1v) is 11.4. The van der Waals surface area contributed by atoms with Crippen LogP contribution in [0.2, 0.25) is 0 Å².